The van der Waals surface area contributed by atoms with Crippen LogP contribution in [0.2, 0.25) is 0 Å². The van der Waals surface area contributed by atoms with E-state index in [9.17, 15) is 0 Å². The largest absolute Gasteiger partial charge is 0.314 e. The first-order chi connectivity index (χ1) is 6.83. The van der Waals surface area contributed by atoms with Crippen LogP contribution in [0.1, 0.15) is 42.9 Å². The molecule has 78 valence electrons. The molecule has 3 heteroatoms. The Morgan fingerprint density at radius 1 is 1.50 bits per heavy atom. The minimum absolute atomic E-state index is 0.770. The molecule has 1 aliphatic rings. The topological polar surface area (TPSA) is 29.9 Å². The Bertz CT molecular complexity index is 297. The van der Waals surface area contributed by atoms with Crippen molar-refractivity contribution in [3.05, 3.63) is 17.5 Å². The molecule has 0 aliphatic heterocycles. The van der Waals surface area contributed by atoms with Gasteiger partial charge in [-0.05, 0) is 31.4 Å². The lowest BCUT2D eigenvalue weighted by atomic mass is 9.98. The van der Waals surface area contributed by atoms with Crippen LogP contribution in [0.3, 0.4) is 0 Å². The van der Waals surface area contributed by atoms with Gasteiger partial charge in [0.1, 0.15) is 0 Å². The van der Waals surface area contributed by atoms with Gasteiger partial charge in [-0.3, -0.25) is 4.68 Å². The van der Waals surface area contributed by atoms with E-state index in [1.165, 1.54) is 36.9 Å². The van der Waals surface area contributed by atoms with Gasteiger partial charge in [0.2, 0.25) is 0 Å². The summed E-state index contributed by atoms with van der Waals surface area (Å²) in [5.41, 5.74) is 2.83. The summed E-state index contributed by atoms with van der Waals surface area (Å²) in [5.74, 6) is 0.770. The first-order valence-electron chi connectivity index (χ1n) is 5.48. The summed E-state index contributed by atoms with van der Waals surface area (Å²) in [4.78, 5) is 0. The minimum Gasteiger partial charge on any atom is -0.314 e. The quantitative estimate of drug-likeness (QED) is 0.793. The van der Waals surface area contributed by atoms with Gasteiger partial charge >= 0.3 is 0 Å². The highest BCUT2D eigenvalue weighted by molar-refractivity contribution is 5.23. The van der Waals surface area contributed by atoms with Crippen molar-refractivity contribution in [1.82, 2.24) is 15.1 Å². The van der Waals surface area contributed by atoms with E-state index in [0.717, 1.165) is 12.5 Å². The van der Waals surface area contributed by atoms with Crippen LogP contribution in [-0.4, -0.2) is 16.8 Å². The van der Waals surface area contributed by atoms with Crippen molar-refractivity contribution in [2.24, 2.45) is 7.05 Å². The molecule has 0 aromatic carbocycles. The summed E-state index contributed by atoms with van der Waals surface area (Å²) in [6.45, 7) is 0.933. The summed E-state index contributed by atoms with van der Waals surface area (Å²) in [5, 5.41) is 7.57. The van der Waals surface area contributed by atoms with Gasteiger partial charge in [0.25, 0.3) is 0 Å². The van der Waals surface area contributed by atoms with Crippen molar-refractivity contribution in [3.8, 4) is 0 Å². The number of nitrogens with zero attached hydrogens (tertiary/aromatic N) is 2. The normalized spacial score (nSPS) is 17.9. The lowest BCUT2D eigenvalue weighted by molar-refractivity contribution is 0.647. The Morgan fingerprint density at radius 2 is 2.21 bits per heavy atom. The Hall–Kier alpha value is -0.830. The molecule has 1 heterocycles. The van der Waals surface area contributed by atoms with Gasteiger partial charge < -0.3 is 5.32 Å². The van der Waals surface area contributed by atoms with Crippen LogP contribution in [0, 0.1) is 0 Å². The standard InChI is InChI=1S/C11H19N3/c1-12-8-11-10(7-13-14(11)2)9-5-3-4-6-9/h7,9,12H,3-6,8H2,1-2H3. The van der Waals surface area contributed by atoms with E-state index in [1.807, 2.05) is 18.8 Å². The van der Waals surface area contributed by atoms with Crippen LogP contribution in [0.4, 0.5) is 0 Å². The molecular weight excluding hydrogens is 174 g/mol. The molecule has 3 nitrogen and oxygen atoms in total. The average Bonchev–Trinajstić information content (AvgIpc) is 2.77. The van der Waals surface area contributed by atoms with Gasteiger partial charge in [-0.25, -0.2) is 0 Å². The van der Waals surface area contributed by atoms with Crippen LogP contribution in [0.25, 0.3) is 0 Å². The van der Waals surface area contributed by atoms with Crippen molar-refractivity contribution in [2.45, 2.75) is 38.1 Å². The summed E-state index contributed by atoms with van der Waals surface area (Å²) in [6.07, 6.45) is 7.53. The second kappa shape index (κ2) is 4.13. The third-order valence-corrected chi connectivity index (χ3v) is 3.23. The van der Waals surface area contributed by atoms with Crippen molar-refractivity contribution in [1.29, 1.82) is 0 Å². The molecule has 1 aromatic heterocycles. The summed E-state index contributed by atoms with van der Waals surface area (Å²) < 4.78 is 2.00. The highest BCUT2D eigenvalue weighted by Gasteiger charge is 2.21. The molecule has 0 radical (unpaired) electrons. The van der Waals surface area contributed by atoms with Crippen molar-refractivity contribution >= 4 is 0 Å². The molecule has 1 N–H and O–H groups in total. The second-order valence-corrected chi connectivity index (χ2v) is 4.18. The summed E-state index contributed by atoms with van der Waals surface area (Å²) >= 11 is 0. The fourth-order valence-corrected chi connectivity index (χ4v) is 2.44. The van der Waals surface area contributed by atoms with Crippen LogP contribution in [0.5, 0.6) is 0 Å². The van der Waals surface area contributed by atoms with Crippen molar-refractivity contribution < 1.29 is 0 Å². The molecule has 14 heavy (non-hydrogen) atoms. The van der Waals surface area contributed by atoms with Crippen LogP contribution in [0.15, 0.2) is 6.20 Å². The number of rotatable bonds is 3. The van der Waals surface area contributed by atoms with Gasteiger partial charge in [-0.15, -0.1) is 0 Å². The van der Waals surface area contributed by atoms with Crippen molar-refractivity contribution in [2.75, 3.05) is 7.05 Å². The minimum atomic E-state index is 0.770. The Balaban J connectivity index is 2.22. The van der Waals surface area contributed by atoms with E-state index >= 15 is 0 Å². The van der Waals surface area contributed by atoms with Crippen LogP contribution < -0.4 is 5.32 Å². The second-order valence-electron chi connectivity index (χ2n) is 4.18. The monoisotopic (exact) mass is 193 g/mol. The molecular formula is C11H19N3. The van der Waals surface area contributed by atoms with Gasteiger partial charge in [0.05, 0.1) is 11.9 Å². The van der Waals surface area contributed by atoms with E-state index in [-0.39, 0.29) is 0 Å². The molecule has 0 atom stereocenters. The number of nitrogens with one attached hydrogen (secondary N) is 1. The molecule has 0 saturated heterocycles. The fraction of sp³-hybridized carbons (Fsp3) is 0.727. The first-order valence-corrected chi connectivity index (χ1v) is 5.48. The molecule has 1 fully saturated rings. The van der Waals surface area contributed by atoms with E-state index in [0.29, 0.717) is 0 Å². The molecule has 1 aromatic rings. The Morgan fingerprint density at radius 3 is 2.86 bits per heavy atom. The zero-order chi connectivity index (χ0) is 9.97. The van der Waals surface area contributed by atoms with E-state index < -0.39 is 0 Å². The Kier molecular flexibility index (Phi) is 2.87. The van der Waals surface area contributed by atoms with E-state index in [2.05, 4.69) is 16.6 Å². The highest BCUT2D eigenvalue weighted by atomic mass is 15.3. The molecule has 0 amide bonds. The number of hydrogen-bond donors (Lipinski definition) is 1. The predicted octanol–water partition coefficient (Wildman–Crippen LogP) is 1.80. The average molecular weight is 193 g/mol. The number of aryl methyl sites for hydroxylation is 1. The zero-order valence-corrected chi connectivity index (χ0v) is 9.08. The molecule has 0 spiro atoms. The predicted molar refractivity (Wildman–Crippen MR) is 57.2 cm³/mol. The van der Waals surface area contributed by atoms with E-state index in [4.69, 9.17) is 0 Å². The third kappa shape index (κ3) is 1.69. The van der Waals surface area contributed by atoms with Gasteiger partial charge in [-0.1, -0.05) is 12.8 Å². The lowest BCUT2D eigenvalue weighted by Gasteiger charge is -2.10. The molecule has 2 rings (SSSR count). The molecule has 0 unspecified atom stereocenters. The lowest BCUT2D eigenvalue weighted by Crippen LogP contribution is -2.12. The highest BCUT2D eigenvalue weighted by Crippen LogP contribution is 2.35. The van der Waals surface area contributed by atoms with Crippen molar-refractivity contribution in [3.63, 3.8) is 0 Å². The fourth-order valence-electron chi connectivity index (χ4n) is 2.44. The summed E-state index contributed by atoms with van der Waals surface area (Å²) in [7, 11) is 4.02. The van der Waals surface area contributed by atoms with Crippen LogP contribution in [-0.2, 0) is 13.6 Å². The smallest absolute Gasteiger partial charge is 0.0553 e. The molecule has 1 saturated carbocycles. The maximum Gasteiger partial charge on any atom is 0.0553 e. The zero-order valence-electron chi connectivity index (χ0n) is 9.08. The number of aromatic nitrogens is 2. The summed E-state index contributed by atoms with van der Waals surface area (Å²) in [6, 6.07) is 0. The maximum atomic E-state index is 4.36. The van der Waals surface area contributed by atoms with Gasteiger partial charge in [0, 0.05) is 13.6 Å². The van der Waals surface area contributed by atoms with Gasteiger partial charge in [-0.2, -0.15) is 5.10 Å². The first kappa shape index (κ1) is 9.71. The van der Waals surface area contributed by atoms with E-state index in [1.54, 1.807) is 0 Å². The van der Waals surface area contributed by atoms with Gasteiger partial charge in [0.15, 0.2) is 0 Å². The Labute approximate surface area is 85.5 Å². The number of hydrogen-bond acceptors (Lipinski definition) is 2. The maximum absolute atomic E-state index is 4.36. The SMILES string of the molecule is CNCc1c(C2CCCC2)cnn1C. The third-order valence-electron chi connectivity index (χ3n) is 3.23. The van der Waals surface area contributed by atoms with Crippen LogP contribution >= 0.6 is 0 Å². The molecule has 1 aliphatic carbocycles. The molecule has 0 bridgehead atoms.